The molecule has 192 valence electrons. The third-order valence-corrected chi connectivity index (χ3v) is 8.28. The zero-order valence-corrected chi connectivity index (χ0v) is 23.5. The minimum Gasteiger partial charge on any atom is -0.322 e. The number of carbonyl (C=O) groups excluding carboxylic acids is 2. The van der Waals surface area contributed by atoms with Crippen LogP contribution in [0.2, 0.25) is 0 Å². The zero-order chi connectivity index (χ0) is 26.6. The Kier molecular flexibility index (Phi) is 7.81. The van der Waals surface area contributed by atoms with Crippen molar-refractivity contribution in [2.45, 2.75) is 25.8 Å². The van der Waals surface area contributed by atoms with E-state index in [0.717, 1.165) is 38.2 Å². The number of aryl methyl sites for hydroxylation is 1. The highest BCUT2D eigenvalue weighted by Gasteiger charge is 2.32. The summed E-state index contributed by atoms with van der Waals surface area (Å²) in [5, 5.41) is 4.14. The van der Waals surface area contributed by atoms with Crippen molar-refractivity contribution in [2.75, 3.05) is 5.75 Å². The van der Waals surface area contributed by atoms with Gasteiger partial charge in [0.05, 0.1) is 12.0 Å². The van der Waals surface area contributed by atoms with Crippen LogP contribution in [-0.4, -0.2) is 33.2 Å². The van der Waals surface area contributed by atoms with Crippen LogP contribution in [0, 0.1) is 13.8 Å². The molecule has 8 heteroatoms. The molecule has 0 radical (unpaired) electrons. The van der Waals surface area contributed by atoms with Crippen molar-refractivity contribution in [3.05, 3.63) is 123 Å². The Bertz CT molecular complexity index is 1500. The fraction of sp³-hybridized carbons (Fsp3) is 0.167. The van der Waals surface area contributed by atoms with Crippen molar-refractivity contribution in [3.8, 4) is 5.69 Å². The predicted molar refractivity (Wildman–Crippen MR) is 157 cm³/mol. The molecule has 0 spiro atoms. The standard InChI is InChI=1S/C30H27BrN4O2S/c1-20-15-25(21(2)35(20)27-10-6-9-26(31)16-27)17-32-33-29(37)23-11-13-24(14-12-23)30-34(28(36)19-38-30)18-22-7-4-3-5-8-22/h3-17,30H,18-19H2,1-2H3,(H,33,37)/b32-17-/t30-/m1/s1. The van der Waals surface area contributed by atoms with Gasteiger partial charge in [-0.15, -0.1) is 11.8 Å². The van der Waals surface area contributed by atoms with Crippen molar-refractivity contribution < 1.29 is 9.59 Å². The number of hydrazone groups is 1. The lowest BCUT2D eigenvalue weighted by Crippen LogP contribution is -2.27. The van der Waals surface area contributed by atoms with E-state index < -0.39 is 0 Å². The summed E-state index contributed by atoms with van der Waals surface area (Å²) in [5.41, 5.74) is 9.34. The lowest BCUT2D eigenvalue weighted by Gasteiger charge is -2.24. The second-order valence-electron chi connectivity index (χ2n) is 9.13. The molecule has 1 fully saturated rings. The molecule has 4 aromatic rings. The minimum absolute atomic E-state index is 0.0710. The highest BCUT2D eigenvalue weighted by atomic mass is 79.9. The van der Waals surface area contributed by atoms with E-state index in [2.05, 4.69) is 43.2 Å². The molecule has 0 unspecified atom stereocenters. The van der Waals surface area contributed by atoms with Gasteiger partial charge in [-0.1, -0.05) is 64.5 Å². The normalized spacial score (nSPS) is 15.4. The van der Waals surface area contributed by atoms with E-state index in [1.165, 1.54) is 0 Å². The molecule has 1 aliphatic rings. The molecule has 6 nitrogen and oxygen atoms in total. The van der Waals surface area contributed by atoms with Crippen LogP contribution < -0.4 is 5.43 Å². The molecule has 2 amide bonds. The number of benzene rings is 3. The third-order valence-electron chi connectivity index (χ3n) is 6.53. The summed E-state index contributed by atoms with van der Waals surface area (Å²) in [6.45, 7) is 4.64. The quantitative estimate of drug-likeness (QED) is 0.201. The number of rotatable bonds is 7. The van der Waals surface area contributed by atoms with Crippen molar-refractivity contribution in [1.82, 2.24) is 14.9 Å². The number of nitrogens with zero attached hydrogens (tertiary/aromatic N) is 3. The largest absolute Gasteiger partial charge is 0.322 e. The van der Waals surface area contributed by atoms with E-state index in [0.29, 0.717) is 17.9 Å². The molecular weight excluding hydrogens is 560 g/mol. The number of hydrogen-bond acceptors (Lipinski definition) is 4. The summed E-state index contributed by atoms with van der Waals surface area (Å²) in [4.78, 5) is 27.2. The summed E-state index contributed by atoms with van der Waals surface area (Å²) < 4.78 is 3.16. The van der Waals surface area contributed by atoms with Crippen molar-refractivity contribution >= 4 is 45.7 Å². The Labute approximate surface area is 234 Å². The SMILES string of the molecule is Cc1cc(/C=N\NC(=O)c2ccc([C@H]3SCC(=O)N3Cc3ccccc3)cc2)c(C)n1-c1cccc(Br)c1. The number of hydrogen-bond donors (Lipinski definition) is 1. The lowest BCUT2D eigenvalue weighted by atomic mass is 10.1. The van der Waals surface area contributed by atoms with Crippen LogP contribution in [0.3, 0.4) is 0 Å². The molecule has 1 aliphatic heterocycles. The van der Waals surface area contributed by atoms with Crippen LogP contribution in [0.4, 0.5) is 0 Å². The van der Waals surface area contributed by atoms with E-state index in [1.807, 2.05) is 79.4 Å². The molecule has 1 saturated heterocycles. The van der Waals surface area contributed by atoms with E-state index in [4.69, 9.17) is 0 Å². The van der Waals surface area contributed by atoms with Crippen LogP contribution in [0.15, 0.2) is 94.5 Å². The lowest BCUT2D eigenvalue weighted by molar-refractivity contribution is -0.128. The first-order valence-electron chi connectivity index (χ1n) is 12.2. The van der Waals surface area contributed by atoms with E-state index in [1.54, 1.807) is 30.1 Å². The average molecular weight is 588 g/mol. The van der Waals surface area contributed by atoms with Crippen molar-refractivity contribution in [1.29, 1.82) is 0 Å². The molecule has 38 heavy (non-hydrogen) atoms. The van der Waals surface area contributed by atoms with E-state index in [-0.39, 0.29) is 17.2 Å². The van der Waals surface area contributed by atoms with Gasteiger partial charge in [0.15, 0.2) is 0 Å². The average Bonchev–Trinajstić information content (AvgIpc) is 3.42. The van der Waals surface area contributed by atoms with Gasteiger partial charge in [-0.05, 0) is 61.4 Å². The zero-order valence-electron chi connectivity index (χ0n) is 21.1. The third kappa shape index (κ3) is 5.61. The van der Waals surface area contributed by atoms with Gasteiger partial charge in [0.25, 0.3) is 5.91 Å². The molecular formula is C30H27BrN4O2S. The maximum absolute atomic E-state index is 12.7. The van der Waals surface area contributed by atoms with Crippen molar-refractivity contribution in [3.63, 3.8) is 0 Å². The molecule has 1 atom stereocenters. The fourth-order valence-electron chi connectivity index (χ4n) is 4.64. The van der Waals surface area contributed by atoms with Gasteiger partial charge in [0.2, 0.25) is 5.91 Å². The Balaban J connectivity index is 1.24. The summed E-state index contributed by atoms with van der Waals surface area (Å²) >= 11 is 5.14. The van der Waals surface area contributed by atoms with Gasteiger partial charge in [-0.2, -0.15) is 5.10 Å². The van der Waals surface area contributed by atoms with Gasteiger partial charge in [-0.25, -0.2) is 5.43 Å². The number of amides is 2. The van der Waals surface area contributed by atoms with Crippen LogP contribution in [0.25, 0.3) is 5.69 Å². The van der Waals surface area contributed by atoms with E-state index >= 15 is 0 Å². The molecule has 1 aromatic heterocycles. The first-order chi connectivity index (χ1) is 18.4. The Morgan fingerprint density at radius 1 is 1.05 bits per heavy atom. The summed E-state index contributed by atoms with van der Waals surface area (Å²) in [6.07, 6.45) is 1.67. The van der Waals surface area contributed by atoms with Gasteiger partial charge in [-0.3, -0.25) is 9.59 Å². The summed E-state index contributed by atoms with van der Waals surface area (Å²) in [7, 11) is 0. The van der Waals surface area contributed by atoms with Gasteiger partial charge >= 0.3 is 0 Å². The van der Waals surface area contributed by atoms with Gasteiger partial charge in [0.1, 0.15) is 5.37 Å². The number of aromatic nitrogens is 1. The fourth-order valence-corrected chi connectivity index (χ4v) is 6.21. The van der Waals surface area contributed by atoms with Crippen molar-refractivity contribution in [2.24, 2.45) is 5.10 Å². The molecule has 0 saturated carbocycles. The number of halogens is 1. The van der Waals surface area contributed by atoms with Gasteiger partial charge < -0.3 is 9.47 Å². The first kappa shape index (κ1) is 26.0. The monoisotopic (exact) mass is 586 g/mol. The molecule has 0 aliphatic carbocycles. The topological polar surface area (TPSA) is 66.7 Å². The molecule has 1 N–H and O–H groups in total. The van der Waals surface area contributed by atoms with Crippen LogP contribution in [0.1, 0.15) is 43.8 Å². The predicted octanol–water partition coefficient (Wildman–Crippen LogP) is 6.39. The highest BCUT2D eigenvalue weighted by Crippen LogP contribution is 2.39. The summed E-state index contributed by atoms with van der Waals surface area (Å²) in [5.74, 6) is 0.292. The Morgan fingerprint density at radius 2 is 1.82 bits per heavy atom. The van der Waals surface area contributed by atoms with Gasteiger partial charge in [0, 0.05) is 39.2 Å². The summed E-state index contributed by atoms with van der Waals surface area (Å²) in [6, 6.07) is 27.5. The number of carbonyl (C=O) groups is 2. The maximum atomic E-state index is 12.7. The number of thioether (sulfide) groups is 1. The molecule has 0 bridgehead atoms. The Morgan fingerprint density at radius 3 is 2.55 bits per heavy atom. The highest BCUT2D eigenvalue weighted by molar-refractivity contribution is 9.10. The second-order valence-corrected chi connectivity index (χ2v) is 11.1. The molecule has 5 rings (SSSR count). The Hall–Kier alpha value is -3.62. The molecule has 3 aromatic carbocycles. The second kappa shape index (κ2) is 11.4. The minimum atomic E-state index is -0.287. The first-order valence-corrected chi connectivity index (χ1v) is 14.1. The number of nitrogens with one attached hydrogen (secondary N) is 1. The maximum Gasteiger partial charge on any atom is 0.271 e. The smallest absolute Gasteiger partial charge is 0.271 e. The van der Waals surface area contributed by atoms with Crippen LogP contribution >= 0.6 is 27.7 Å². The van der Waals surface area contributed by atoms with Crippen LogP contribution in [-0.2, 0) is 11.3 Å². The molecule has 2 heterocycles. The van der Waals surface area contributed by atoms with E-state index in [9.17, 15) is 9.59 Å². The van der Waals surface area contributed by atoms with Crippen LogP contribution in [0.5, 0.6) is 0 Å².